The Morgan fingerprint density at radius 2 is 1.81 bits per heavy atom. The Morgan fingerprint density at radius 3 is 2.50 bits per heavy atom. The van der Waals surface area contributed by atoms with Crippen molar-refractivity contribution in [1.29, 1.82) is 0 Å². The summed E-state index contributed by atoms with van der Waals surface area (Å²) in [6, 6.07) is 5.72. The van der Waals surface area contributed by atoms with Crippen LogP contribution in [0, 0.1) is 5.92 Å². The summed E-state index contributed by atoms with van der Waals surface area (Å²) in [4.78, 5) is 0. The van der Waals surface area contributed by atoms with Gasteiger partial charge in [-0.05, 0) is 37.0 Å². The van der Waals surface area contributed by atoms with Crippen LogP contribution in [0.25, 0.3) is 0 Å². The van der Waals surface area contributed by atoms with Gasteiger partial charge >= 0.3 is 0 Å². The van der Waals surface area contributed by atoms with Gasteiger partial charge in [0.25, 0.3) is 0 Å². The fourth-order valence-electron chi connectivity index (χ4n) is 2.26. The quantitative estimate of drug-likeness (QED) is 0.805. The molecule has 1 aromatic rings. The second-order valence-corrected chi connectivity index (χ2v) is 5.33. The van der Waals surface area contributed by atoms with Gasteiger partial charge in [0.2, 0.25) is 0 Å². The van der Waals surface area contributed by atoms with E-state index in [0.29, 0.717) is 10.0 Å². The van der Waals surface area contributed by atoms with Gasteiger partial charge in [-0.1, -0.05) is 42.5 Å². The summed E-state index contributed by atoms with van der Waals surface area (Å²) in [6.07, 6.45) is 6.88. The third-order valence-electron chi connectivity index (χ3n) is 3.24. The molecule has 0 atom stereocenters. The van der Waals surface area contributed by atoms with Gasteiger partial charge in [0, 0.05) is 12.2 Å². The highest BCUT2D eigenvalue weighted by atomic mass is 35.5. The molecule has 1 aliphatic rings. The molecule has 0 saturated heterocycles. The van der Waals surface area contributed by atoms with Gasteiger partial charge in [0.05, 0.1) is 10.0 Å². The van der Waals surface area contributed by atoms with Gasteiger partial charge in [0.1, 0.15) is 0 Å². The molecule has 0 amide bonds. The minimum Gasteiger partial charge on any atom is -0.385 e. The Morgan fingerprint density at radius 1 is 1.06 bits per heavy atom. The first-order valence-corrected chi connectivity index (χ1v) is 6.70. The molecule has 0 aromatic heterocycles. The first-order chi connectivity index (χ1) is 7.75. The first-order valence-electron chi connectivity index (χ1n) is 5.94. The number of hydrogen-bond acceptors (Lipinski definition) is 1. The van der Waals surface area contributed by atoms with Crippen LogP contribution < -0.4 is 5.32 Å². The lowest BCUT2D eigenvalue weighted by molar-refractivity contribution is 0.373. The second kappa shape index (κ2) is 5.79. The maximum atomic E-state index is 5.96. The Kier molecular flexibility index (Phi) is 4.37. The molecule has 1 N–H and O–H groups in total. The molecule has 0 aliphatic heterocycles. The van der Waals surface area contributed by atoms with Crippen molar-refractivity contribution in [2.24, 2.45) is 5.92 Å². The summed E-state index contributed by atoms with van der Waals surface area (Å²) in [7, 11) is 0. The molecule has 2 rings (SSSR count). The van der Waals surface area contributed by atoms with E-state index in [9.17, 15) is 0 Å². The topological polar surface area (TPSA) is 12.0 Å². The van der Waals surface area contributed by atoms with Gasteiger partial charge in [-0.2, -0.15) is 0 Å². The van der Waals surface area contributed by atoms with Crippen LogP contribution in [0.15, 0.2) is 18.2 Å². The van der Waals surface area contributed by atoms with Crippen molar-refractivity contribution in [1.82, 2.24) is 0 Å². The summed E-state index contributed by atoms with van der Waals surface area (Å²) in [6.45, 7) is 1.05. The van der Waals surface area contributed by atoms with Crippen LogP contribution in [0.2, 0.25) is 10.0 Å². The highest BCUT2D eigenvalue weighted by molar-refractivity contribution is 6.42. The number of halogens is 2. The van der Waals surface area contributed by atoms with Crippen LogP contribution >= 0.6 is 23.2 Å². The van der Waals surface area contributed by atoms with Crippen molar-refractivity contribution in [3.8, 4) is 0 Å². The van der Waals surface area contributed by atoms with Crippen molar-refractivity contribution in [2.45, 2.75) is 32.1 Å². The Labute approximate surface area is 107 Å². The van der Waals surface area contributed by atoms with Crippen LogP contribution in [-0.4, -0.2) is 6.54 Å². The molecule has 1 nitrogen and oxygen atoms in total. The van der Waals surface area contributed by atoms with Crippen LogP contribution in [-0.2, 0) is 0 Å². The second-order valence-electron chi connectivity index (χ2n) is 4.51. The zero-order valence-corrected chi connectivity index (χ0v) is 10.8. The molecular formula is C13H17Cl2N. The predicted molar refractivity (Wildman–Crippen MR) is 71.5 cm³/mol. The maximum Gasteiger partial charge on any atom is 0.0612 e. The zero-order valence-electron chi connectivity index (χ0n) is 9.31. The van der Waals surface area contributed by atoms with E-state index in [2.05, 4.69) is 5.32 Å². The van der Waals surface area contributed by atoms with Crippen LogP contribution in [0.5, 0.6) is 0 Å². The van der Waals surface area contributed by atoms with Crippen LogP contribution in [0.1, 0.15) is 32.1 Å². The molecule has 0 bridgehead atoms. The normalized spacial score (nSPS) is 17.4. The summed E-state index contributed by atoms with van der Waals surface area (Å²) < 4.78 is 0. The molecule has 0 unspecified atom stereocenters. The fraction of sp³-hybridized carbons (Fsp3) is 0.538. The largest absolute Gasteiger partial charge is 0.385 e. The minimum atomic E-state index is 0.616. The van der Waals surface area contributed by atoms with E-state index in [0.717, 1.165) is 18.2 Å². The Hall–Kier alpha value is -0.400. The number of anilines is 1. The van der Waals surface area contributed by atoms with Crippen molar-refractivity contribution in [3.05, 3.63) is 28.2 Å². The standard InChI is InChI=1S/C13H17Cl2N/c14-12-7-6-11(8-13(12)15)16-9-10-4-2-1-3-5-10/h6-8,10,16H,1-5,9H2. The molecule has 3 heteroatoms. The summed E-state index contributed by atoms with van der Waals surface area (Å²) in [5.41, 5.74) is 1.07. The number of benzene rings is 1. The van der Waals surface area contributed by atoms with Crippen LogP contribution in [0.3, 0.4) is 0 Å². The lowest BCUT2D eigenvalue weighted by atomic mass is 9.89. The van der Waals surface area contributed by atoms with Crippen molar-refractivity contribution < 1.29 is 0 Å². The monoisotopic (exact) mass is 257 g/mol. The predicted octanol–water partition coefficient (Wildman–Crippen LogP) is 4.99. The van der Waals surface area contributed by atoms with E-state index in [-0.39, 0.29) is 0 Å². The van der Waals surface area contributed by atoms with E-state index in [4.69, 9.17) is 23.2 Å². The van der Waals surface area contributed by atoms with Crippen LogP contribution in [0.4, 0.5) is 5.69 Å². The lowest BCUT2D eigenvalue weighted by Crippen LogP contribution is -2.16. The number of rotatable bonds is 3. The molecule has 1 aromatic carbocycles. The summed E-state index contributed by atoms with van der Waals surface area (Å²) >= 11 is 11.8. The van der Waals surface area contributed by atoms with Gasteiger partial charge in [0.15, 0.2) is 0 Å². The molecule has 88 valence electrons. The molecule has 0 heterocycles. The smallest absolute Gasteiger partial charge is 0.0612 e. The maximum absolute atomic E-state index is 5.96. The molecule has 16 heavy (non-hydrogen) atoms. The fourth-order valence-corrected chi connectivity index (χ4v) is 2.56. The van der Waals surface area contributed by atoms with Gasteiger partial charge in [-0.3, -0.25) is 0 Å². The highest BCUT2D eigenvalue weighted by Gasteiger charge is 2.12. The van der Waals surface area contributed by atoms with E-state index in [1.165, 1.54) is 32.1 Å². The van der Waals surface area contributed by atoms with Gasteiger partial charge in [-0.15, -0.1) is 0 Å². The SMILES string of the molecule is Clc1ccc(NCC2CCCCC2)cc1Cl. The third kappa shape index (κ3) is 3.29. The van der Waals surface area contributed by atoms with Crippen molar-refractivity contribution in [2.75, 3.05) is 11.9 Å². The number of nitrogens with one attached hydrogen (secondary N) is 1. The third-order valence-corrected chi connectivity index (χ3v) is 3.98. The Balaban J connectivity index is 1.86. The summed E-state index contributed by atoms with van der Waals surface area (Å²) in [5.74, 6) is 0.822. The molecule has 1 aliphatic carbocycles. The van der Waals surface area contributed by atoms with E-state index < -0.39 is 0 Å². The minimum absolute atomic E-state index is 0.616. The average Bonchev–Trinajstić information content (AvgIpc) is 2.32. The van der Waals surface area contributed by atoms with Gasteiger partial charge in [-0.25, -0.2) is 0 Å². The van der Waals surface area contributed by atoms with Crippen molar-refractivity contribution >= 4 is 28.9 Å². The van der Waals surface area contributed by atoms with E-state index >= 15 is 0 Å². The lowest BCUT2D eigenvalue weighted by Gasteiger charge is -2.22. The molecule has 0 radical (unpaired) electrons. The molecular weight excluding hydrogens is 241 g/mol. The highest BCUT2D eigenvalue weighted by Crippen LogP contribution is 2.27. The molecule has 1 saturated carbocycles. The van der Waals surface area contributed by atoms with Gasteiger partial charge < -0.3 is 5.32 Å². The van der Waals surface area contributed by atoms with Crippen molar-refractivity contribution in [3.63, 3.8) is 0 Å². The first kappa shape index (κ1) is 12.1. The molecule has 1 fully saturated rings. The Bertz CT molecular complexity index is 346. The summed E-state index contributed by atoms with van der Waals surface area (Å²) in [5, 5.41) is 4.68. The van der Waals surface area contributed by atoms with E-state index in [1.54, 1.807) is 0 Å². The molecule has 0 spiro atoms. The van der Waals surface area contributed by atoms with E-state index in [1.807, 2.05) is 18.2 Å². The number of hydrogen-bond donors (Lipinski definition) is 1. The zero-order chi connectivity index (χ0) is 11.4. The average molecular weight is 258 g/mol.